The number of methoxy groups -OCH3 is 1. The van der Waals surface area contributed by atoms with Crippen LogP contribution in [0.15, 0.2) is 86.3 Å². The molecule has 3 heterocycles. The van der Waals surface area contributed by atoms with Gasteiger partial charge in [0.05, 0.1) is 82.1 Å². The highest BCUT2D eigenvalue weighted by molar-refractivity contribution is 8.08. The first-order valence-electron chi connectivity index (χ1n) is 18.9. The highest BCUT2D eigenvalue weighted by Crippen LogP contribution is 2.45. The summed E-state index contributed by atoms with van der Waals surface area (Å²) in [6.45, 7) is 5.01. The smallest absolute Gasteiger partial charge is 0.329 e. The van der Waals surface area contributed by atoms with Crippen LogP contribution in [0.25, 0.3) is 0 Å². The second-order valence-electron chi connectivity index (χ2n) is 13.0. The summed E-state index contributed by atoms with van der Waals surface area (Å²) in [4.78, 5) is 71.4. The summed E-state index contributed by atoms with van der Waals surface area (Å²) < 4.78 is 38.0. The van der Waals surface area contributed by atoms with Crippen molar-refractivity contribution in [1.29, 1.82) is 0 Å². The van der Waals surface area contributed by atoms with Crippen molar-refractivity contribution >= 4 is 58.8 Å². The van der Waals surface area contributed by atoms with E-state index in [0.717, 1.165) is 28.4 Å². The lowest BCUT2D eigenvalue weighted by atomic mass is 10.2. The molecule has 3 aliphatic heterocycles. The highest BCUT2D eigenvalue weighted by Gasteiger charge is 2.41. The first kappa shape index (κ1) is 43.6. The van der Waals surface area contributed by atoms with Crippen LogP contribution in [0.1, 0.15) is 20.7 Å². The fourth-order valence-corrected chi connectivity index (χ4v) is 8.08. The maximum atomic E-state index is 14.3. The summed E-state index contributed by atoms with van der Waals surface area (Å²) in [6.07, 6.45) is 0. The number of benzene rings is 3. The quantitative estimate of drug-likeness (QED) is 0.128. The molecule has 0 unspecified atom stereocenters. The number of hydrogen-bond acceptors (Lipinski definition) is 14. The fourth-order valence-electron chi connectivity index (χ4n) is 6.09. The van der Waals surface area contributed by atoms with Gasteiger partial charge >= 0.3 is 5.97 Å². The largest absolute Gasteiger partial charge is 0.493 e. The Balaban J connectivity index is 1.13. The van der Waals surface area contributed by atoms with E-state index >= 15 is 0 Å². The van der Waals surface area contributed by atoms with E-state index in [1.54, 1.807) is 76.5 Å². The summed E-state index contributed by atoms with van der Waals surface area (Å²) in [5.74, 6) is -1.65. The van der Waals surface area contributed by atoms with Crippen molar-refractivity contribution in [2.45, 2.75) is 9.79 Å². The molecular formula is C41H45N3O13S2. The molecule has 0 bridgehead atoms. The Morgan fingerprint density at radius 1 is 0.627 bits per heavy atom. The van der Waals surface area contributed by atoms with Crippen molar-refractivity contribution in [2.24, 2.45) is 0 Å². The molecule has 6 rings (SSSR count). The first-order chi connectivity index (χ1) is 28.7. The minimum atomic E-state index is -1.04. The van der Waals surface area contributed by atoms with Gasteiger partial charge in [0.1, 0.15) is 13.2 Å². The molecule has 0 radical (unpaired) electrons. The van der Waals surface area contributed by atoms with E-state index in [-0.39, 0.29) is 60.3 Å². The monoisotopic (exact) mass is 851 g/mol. The maximum Gasteiger partial charge on any atom is 0.329 e. The number of carboxylic acid groups (broad SMARTS) is 1. The lowest BCUT2D eigenvalue weighted by molar-refractivity contribution is -0.142. The third-order valence-corrected chi connectivity index (χ3v) is 11.4. The van der Waals surface area contributed by atoms with Gasteiger partial charge in [-0.15, -0.1) is 0 Å². The van der Waals surface area contributed by atoms with Crippen molar-refractivity contribution in [1.82, 2.24) is 9.80 Å². The molecule has 18 heteroatoms. The van der Waals surface area contributed by atoms with Gasteiger partial charge in [0.25, 0.3) is 23.6 Å². The number of nitrogens with zero attached hydrogens (tertiary/aromatic N) is 3. The molecule has 0 atom stereocenters. The SMILES string of the molecule is COc1cc(N2C(=O)C(Sc3ccc(C(=O)N4CCOCC4)cc3)=C(Sc3ccc(C(=O)N4CCOCC4)cc3)C2=O)ccc1OCCOCCOCCOCC(=O)O. The molecule has 0 aromatic heterocycles. The molecule has 3 aromatic rings. The number of carbonyl (C=O) groups excluding carboxylic acids is 4. The van der Waals surface area contributed by atoms with Crippen LogP contribution < -0.4 is 14.4 Å². The second kappa shape index (κ2) is 21.9. The molecule has 4 amide bonds. The van der Waals surface area contributed by atoms with E-state index < -0.39 is 17.8 Å². The first-order valence-corrected chi connectivity index (χ1v) is 20.6. The third-order valence-electron chi connectivity index (χ3n) is 9.10. The van der Waals surface area contributed by atoms with Gasteiger partial charge in [0, 0.05) is 53.2 Å². The van der Waals surface area contributed by atoms with Crippen molar-refractivity contribution in [3.8, 4) is 11.5 Å². The van der Waals surface area contributed by atoms with E-state index in [0.29, 0.717) is 98.2 Å². The van der Waals surface area contributed by atoms with Gasteiger partial charge in [-0.05, 0) is 60.7 Å². The van der Waals surface area contributed by atoms with E-state index in [9.17, 15) is 24.0 Å². The summed E-state index contributed by atoms with van der Waals surface area (Å²) in [5.41, 5.74) is 1.29. The minimum Gasteiger partial charge on any atom is -0.493 e. The molecule has 2 fully saturated rings. The molecule has 0 aliphatic carbocycles. The van der Waals surface area contributed by atoms with Crippen molar-refractivity contribution in [2.75, 3.05) is 111 Å². The Hall–Kier alpha value is -4.95. The lowest BCUT2D eigenvalue weighted by Crippen LogP contribution is -2.40. The molecule has 3 aliphatic rings. The molecule has 59 heavy (non-hydrogen) atoms. The number of thioether (sulfide) groups is 2. The zero-order valence-corrected chi connectivity index (χ0v) is 34.1. The lowest BCUT2D eigenvalue weighted by Gasteiger charge is -2.26. The summed E-state index contributed by atoms with van der Waals surface area (Å²) in [6, 6.07) is 18.6. The normalized spacial score (nSPS) is 15.8. The number of amides is 4. The van der Waals surface area contributed by atoms with E-state index in [1.807, 2.05) is 0 Å². The fraction of sp³-hybridized carbons (Fsp3) is 0.390. The van der Waals surface area contributed by atoms with Gasteiger partial charge < -0.3 is 48.1 Å². The zero-order valence-electron chi connectivity index (χ0n) is 32.5. The number of rotatable bonds is 20. The van der Waals surface area contributed by atoms with Gasteiger partial charge in [-0.3, -0.25) is 19.2 Å². The Kier molecular flexibility index (Phi) is 16.2. The van der Waals surface area contributed by atoms with Crippen LogP contribution in [0.5, 0.6) is 11.5 Å². The Morgan fingerprint density at radius 3 is 1.54 bits per heavy atom. The molecule has 0 saturated carbocycles. The average molecular weight is 852 g/mol. The van der Waals surface area contributed by atoms with Crippen LogP contribution in [0, 0.1) is 0 Å². The minimum absolute atomic E-state index is 0.105. The summed E-state index contributed by atoms with van der Waals surface area (Å²) in [5, 5.41) is 8.58. The van der Waals surface area contributed by atoms with Gasteiger partial charge in [0.15, 0.2) is 11.5 Å². The van der Waals surface area contributed by atoms with Crippen molar-refractivity contribution < 1.29 is 62.2 Å². The number of carboxylic acids is 1. The van der Waals surface area contributed by atoms with E-state index in [1.165, 1.54) is 7.11 Å². The third kappa shape index (κ3) is 11.8. The van der Waals surface area contributed by atoms with Crippen LogP contribution in [-0.4, -0.2) is 150 Å². The van der Waals surface area contributed by atoms with Crippen LogP contribution in [0.3, 0.4) is 0 Å². The number of morpholine rings is 2. The van der Waals surface area contributed by atoms with E-state index in [4.69, 9.17) is 38.3 Å². The second-order valence-corrected chi connectivity index (χ2v) is 15.2. The van der Waals surface area contributed by atoms with Gasteiger partial charge in [-0.1, -0.05) is 23.5 Å². The predicted molar refractivity (Wildman–Crippen MR) is 216 cm³/mol. The molecule has 3 aromatic carbocycles. The number of hydrogen-bond donors (Lipinski definition) is 1. The van der Waals surface area contributed by atoms with Crippen molar-refractivity contribution in [3.63, 3.8) is 0 Å². The number of anilines is 1. The Labute approximate surface area is 349 Å². The van der Waals surface area contributed by atoms with Crippen LogP contribution in [0.2, 0.25) is 0 Å². The molecule has 16 nitrogen and oxygen atoms in total. The highest BCUT2D eigenvalue weighted by atomic mass is 32.2. The number of aliphatic carboxylic acids is 1. The van der Waals surface area contributed by atoms with E-state index in [2.05, 4.69) is 0 Å². The number of carbonyl (C=O) groups is 5. The molecule has 0 spiro atoms. The number of imide groups is 1. The molecule has 1 N–H and O–H groups in total. The average Bonchev–Trinajstić information content (AvgIpc) is 3.49. The zero-order chi connectivity index (χ0) is 41.6. The molecule has 2 saturated heterocycles. The topological polar surface area (TPSA) is 180 Å². The van der Waals surface area contributed by atoms with Crippen LogP contribution >= 0.6 is 23.5 Å². The summed E-state index contributed by atoms with van der Waals surface area (Å²) >= 11 is 2.26. The van der Waals surface area contributed by atoms with Gasteiger partial charge in [-0.25, -0.2) is 9.69 Å². The predicted octanol–water partition coefficient (Wildman–Crippen LogP) is 3.82. The van der Waals surface area contributed by atoms with Crippen LogP contribution in [0.4, 0.5) is 5.69 Å². The Bertz CT molecular complexity index is 1890. The Morgan fingerprint density at radius 2 is 1.08 bits per heavy atom. The maximum absolute atomic E-state index is 14.3. The van der Waals surface area contributed by atoms with Gasteiger partial charge in [0.2, 0.25) is 0 Å². The van der Waals surface area contributed by atoms with Crippen LogP contribution in [-0.2, 0) is 38.1 Å². The number of ether oxygens (including phenoxy) is 7. The van der Waals surface area contributed by atoms with Gasteiger partial charge in [-0.2, -0.15) is 0 Å². The standard InChI is InChI=1S/C41H45N3O13S2/c1-51-34-26-30(6-11-33(34)57-25-24-55-21-20-54-22-23-56-27-35(45)46)44-40(49)36(58-31-7-2-28(3-8-31)38(47)42-12-16-52-17-13-42)37(41(44)50)59-32-9-4-29(5-10-32)39(48)43-14-18-53-19-15-43/h2-11,26H,12-25,27H2,1H3,(H,45,46). The molecule has 314 valence electrons. The van der Waals surface area contributed by atoms with Crippen molar-refractivity contribution in [3.05, 3.63) is 87.7 Å². The summed E-state index contributed by atoms with van der Waals surface area (Å²) in [7, 11) is 1.45. The molecular weight excluding hydrogens is 807 g/mol.